The number of hydrogen-bond acceptors (Lipinski definition) is 6. The lowest BCUT2D eigenvalue weighted by molar-refractivity contribution is 0.0952. The van der Waals surface area contributed by atoms with E-state index in [1.54, 1.807) is 0 Å². The first-order chi connectivity index (χ1) is 14.7. The van der Waals surface area contributed by atoms with E-state index in [9.17, 15) is 20.1 Å². The maximum absolute atomic E-state index is 12.4. The molecule has 1 aliphatic carbocycles. The van der Waals surface area contributed by atoms with Crippen molar-refractivity contribution in [3.05, 3.63) is 52.3 Å². The van der Waals surface area contributed by atoms with Gasteiger partial charge in [0.1, 0.15) is 28.6 Å². The van der Waals surface area contributed by atoms with Gasteiger partial charge in [0.2, 0.25) is 0 Å². The molecule has 0 bridgehead atoms. The maximum atomic E-state index is 12.4. The number of amides is 1. The molecule has 4 N–H and O–H groups in total. The molecule has 162 valence electrons. The molecule has 0 spiro atoms. The predicted molar refractivity (Wildman–Crippen MR) is 118 cm³/mol. The van der Waals surface area contributed by atoms with Gasteiger partial charge in [-0.05, 0) is 42.9 Å². The van der Waals surface area contributed by atoms with Gasteiger partial charge >= 0.3 is 0 Å². The smallest absolute Gasteiger partial charge is 0.275 e. The van der Waals surface area contributed by atoms with E-state index in [0.717, 1.165) is 54.0 Å². The second-order valence-electron chi connectivity index (χ2n) is 8.92. The number of fused-ring (bicyclic) bond motifs is 3. The number of carbonyl (C=O) groups excluding carboxylic acids is 1. The van der Waals surface area contributed by atoms with Gasteiger partial charge in [0.15, 0.2) is 0 Å². The molecule has 0 unspecified atom stereocenters. The van der Waals surface area contributed by atoms with Crippen LogP contribution >= 0.6 is 0 Å². The number of hydrazone groups is 1. The quantitative estimate of drug-likeness (QED) is 0.367. The monoisotopic (exact) mass is 422 g/mol. The highest BCUT2D eigenvalue weighted by atomic mass is 16.3. The van der Waals surface area contributed by atoms with Gasteiger partial charge in [0.05, 0.1) is 11.8 Å². The Labute approximate surface area is 180 Å². The number of hydrogen-bond donors (Lipinski definition) is 4. The largest absolute Gasteiger partial charge is 0.508 e. The first-order valence-corrected chi connectivity index (χ1v) is 10.3. The van der Waals surface area contributed by atoms with E-state index in [1.165, 1.54) is 18.3 Å². The summed E-state index contributed by atoms with van der Waals surface area (Å²) in [4.78, 5) is 12.4. The molecular weight excluding hydrogens is 396 g/mol. The number of nitrogens with one attached hydrogen (secondary N) is 1. The summed E-state index contributed by atoms with van der Waals surface area (Å²) in [7, 11) is 0. The lowest BCUT2D eigenvalue weighted by Crippen LogP contribution is -2.18. The number of nitrogens with zero attached hydrogens (tertiary/aromatic N) is 1. The van der Waals surface area contributed by atoms with E-state index in [0.29, 0.717) is 11.1 Å². The zero-order valence-corrected chi connectivity index (χ0v) is 17.8. The lowest BCUT2D eigenvalue weighted by Gasteiger charge is -2.21. The summed E-state index contributed by atoms with van der Waals surface area (Å²) in [5.74, 6) is -0.0742. The van der Waals surface area contributed by atoms with Crippen molar-refractivity contribution < 1.29 is 24.5 Å². The van der Waals surface area contributed by atoms with Crippen molar-refractivity contribution in [2.45, 2.75) is 51.9 Å². The first kappa shape index (κ1) is 20.8. The van der Waals surface area contributed by atoms with E-state index in [2.05, 4.69) is 10.5 Å². The minimum atomic E-state index is -0.634. The van der Waals surface area contributed by atoms with Gasteiger partial charge in [-0.15, -0.1) is 0 Å². The molecule has 0 saturated carbocycles. The van der Waals surface area contributed by atoms with Crippen molar-refractivity contribution in [3.63, 3.8) is 0 Å². The Morgan fingerprint density at radius 3 is 2.58 bits per heavy atom. The second-order valence-corrected chi connectivity index (χ2v) is 8.92. The fraction of sp³-hybridized carbons (Fsp3) is 0.333. The van der Waals surface area contributed by atoms with Crippen LogP contribution in [0.5, 0.6) is 17.2 Å². The van der Waals surface area contributed by atoms with Gasteiger partial charge in [0, 0.05) is 34.6 Å². The van der Waals surface area contributed by atoms with Crippen molar-refractivity contribution in [2.24, 2.45) is 5.10 Å². The summed E-state index contributed by atoms with van der Waals surface area (Å²) in [6.07, 6.45) is 5.28. The summed E-state index contributed by atoms with van der Waals surface area (Å²) in [5, 5.41) is 35.2. The van der Waals surface area contributed by atoms with Crippen molar-refractivity contribution in [1.29, 1.82) is 0 Å². The van der Waals surface area contributed by atoms with Crippen molar-refractivity contribution in [2.75, 3.05) is 0 Å². The van der Waals surface area contributed by atoms with Crippen molar-refractivity contribution in [1.82, 2.24) is 5.43 Å². The zero-order valence-electron chi connectivity index (χ0n) is 17.8. The Hall–Kier alpha value is -3.48. The molecule has 0 saturated heterocycles. The third kappa shape index (κ3) is 3.83. The number of benzene rings is 2. The number of phenolic OH excluding ortho intramolecular Hbond substituents is 3. The molecule has 1 aliphatic rings. The van der Waals surface area contributed by atoms with Crippen LogP contribution in [0.25, 0.3) is 11.0 Å². The molecule has 7 nitrogen and oxygen atoms in total. The molecule has 1 amide bonds. The molecule has 0 fully saturated rings. The Bertz CT molecular complexity index is 1200. The van der Waals surface area contributed by atoms with E-state index in [4.69, 9.17) is 4.42 Å². The molecule has 31 heavy (non-hydrogen) atoms. The topological polar surface area (TPSA) is 115 Å². The first-order valence-electron chi connectivity index (χ1n) is 10.3. The van der Waals surface area contributed by atoms with Gasteiger partial charge in [-0.3, -0.25) is 4.79 Å². The van der Waals surface area contributed by atoms with E-state index >= 15 is 0 Å². The maximum Gasteiger partial charge on any atom is 0.275 e. The number of carbonyl (C=O) groups is 1. The summed E-state index contributed by atoms with van der Waals surface area (Å²) in [6.45, 7) is 6.02. The summed E-state index contributed by atoms with van der Waals surface area (Å²) >= 11 is 0. The van der Waals surface area contributed by atoms with Gasteiger partial charge < -0.3 is 19.7 Å². The third-order valence-electron chi connectivity index (χ3n) is 5.65. The van der Waals surface area contributed by atoms with Crippen LogP contribution in [0.4, 0.5) is 0 Å². The van der Waals surface area contributed by atoms with Crippen LogP contribution in [-0.4, -0.2) is 27.4 Å². The highest BCUT2D eigenvalue weighted by molar-refractivity contribution is 6.04. The van der Waals surface area contributed by atoms with Crippen LogP contribution < -0.4 is 5.43 Å². The van der Waals surface area contributed by atoms with Crippen LogP contribution in [0.1, 0.15) is 66.4 Å². The Balaban J connectivity index is 1.75. The molecule has 1 aromatic heterocycles. The molecule has 4 rings (SSSR count). The molecule has 3 aromatic rings. The fourth-order valence-electron chi connectivity index (χ4n) is 4.07. The standard InChI is InChI=1S/C24H26N2O5/c1-24(2,3)17-11-20-21(15-6-4-5-7-19(15)31-20)16(22(17)29)12-25-26-23(30)14-9-8-13(27)10-18(14)28/h8-12,27-29H,4-7H2,1-3H3,(H,26,30). The molecule has 2 aromatic carbocycles. The second kappa shape index (κ2) is 7.65. The van der Waals surface area contributed by atoms with Crippen molar-refractivity contribution >= 4 is 23.1 Å². The van der Waals surface area contributed by atoms with Crippen LogP contribution in [0, 0.1) is 0 Å². The molecular formula is C24H26N2O5. The van der Waals surface area contributed by atoms with Crippen LogP contribution in [0.3, 0.4) is 0 Å². The minimum absolute atomic E-state index is 0.0200. The van der Waals surface area contributed by atoms with Gasteiger partial charge in [0.25, 0.3) is 5.91 Å². The Morgan fingerprint density at radius 2 is 1.87 bits per heavy atom. The van der Waals surface area contributed by atoms with Gasteiger partial charge in [-0.1, -0.05) is 20.8 Å². The van der Waals surface area contributed by atoms with E-state index in [-0.39, 0.29) is 28.2 Å². The average Bonchev–Trinajstić information content (AvgIpc) is 3.06. The third-order valence-corrected chi connectivity index (χ3v) is 5.65. The van der Waals surface area contributed by atoms with Gasteiger partial charge in [-0.25, -0.2) is 5.43 Å². The SMILES string of the molecule is CC(C)(C)c1cc2oc3c(c2c(C=NNC(=O)c2ccc(O)cc2O)c1O)CCCC3. The lowest BCUT2D eigenvalue weighted by atomic mass is 9.83. The predicted octanol–water partition coefficient (Wildman–Crippen LogP) is 4.49. The number of rotatable bonds is 3. The average molecular weight is 422 g/mol. The number of phenols is 3. The van der Waals surface area contributed by atoms with Gasteiger partial charge in [-0.2, -0.15) is 5.10 Å². The van der Waals surface area contributed by atoms with Crippen molar-refractivity contribution in [3.8, 4) is 17.2 Å². The number of aromatic hydroxyl groups is 3. The highest BCUT2D eigenvalue weighted by Crippen LogP contribution is 2.42. The molecule has 1 heterocycles. The number of furan rings is 1. The Kier molecular flexibility index (Phi) is 5.13. The fourth-order valence-corrected chi connectivity index (χ4v) is 4.07. The summed E-state index contributed by atoms with van der Waals surface area (Å²) in [6, 6.07) is 5.59. The van der Waals surface area contributed by atoms with Crippen LogP contribution in [-0.2, 0) is 18.3 Å². The summed E-state index contributed by atoms with van der Waals surface area (Å²) < 4.78 is 6.13. The normalized spacial score (nSPS) is 14.2. The van der Waals surface area contributed by atoms with E-state index < -0.39 is 5.91 Å². The van der Waals surface area contributed by atoms with Crippen LogP contribution in [0.2, 0.25) is 0 Å². The summed E-state index contributed by atoms with van der Waals surface area (Å²) in [5.41, 5.74) is 5.06. The zero-order chi connectivity index (χ0) is 22.3. The highest BCUT2D eigenvalue weighted by Gasteiger charge is 2.27. The molecule has 0 radical (unpaired) electrons. The molecule has 7 heteroatoms. The Morgan fingerprint density at radius 1 is 1.13 bits per heavy atom. The van der Waals surface area contributed by atoms with E-state index in [1.807, 2.05) is 26.8 Å². The molecule has 0 aliphatic heterocycles. The minimum Gasteiger partial charge on any atom is -0.508 e. The number of aryl methyl sites for hydroxylation is 2. The molecule has 0 atom stereocenters. The van der Waals surface area contributed by atoms with Crippen LogP contribution in [0.15, 0.2) is 33.8 Å².